The molecule has 32 heavy (non-hydrogen) atoms. The first kappa shape index (κ1) is 18.9. The molecule has 0 bridgehead atoms. The second-order valence-corrected chi connectivity index (χ2v) is 11.1. The van der Waals surface area contributed by atoms with E-state index in [1.54, 1.807) is 23.1 Å². The zero-order valence-corrected chi connectivity index (χ0v) is 19.2. The third kappa shape index (κ3) is 2.51. The summed E-state index contributed by atoms with van der Waals surface area (Å²) in [6.45, 7) is 1.92. The molecule has 3 aliphatic heterocycles. The molecule has 1 aromatic heterocycles. The molecule has 0 saturated heterocycles. The SMILES string of the molecule is O=C1C(C2=C3Sc4ccccc4N3CCC2)=C([O-])C1C1CCC[n+]2c1sc1ccccc12. The van der Waals surface area contributed by atoms with Crippen LogP contribution < -0.4 is 14.6 Å². The molecule has 1 aliphatic carbocycles. The number of hydrogen-bond donors (Lipinski definition) is 0. The van der Waals surface area contributed by atoms with Crippen LogP contribution in [0.5, 0.6) is 0 Å². The average molecular weight is 459 g/mol. The maximum atomic E-state index is 13.5. The Morgan fingerprint density at radius 2 is 1.91 bits per heavy atom. The van der Waals surface area contributed by atoms with Gasteiger partial charge in [-0.15, -0.1) is 5.76 Å². The van der Waals surface area contributed by atoms with Gasteiger partial charge in [-0.05, 0) is 43.0 Å². The Morgan fingerprint density at radius 1 is 1.06 bits per heavy atom. The quantitative estimate of drug-likeness (QED) is 0.531. The normalized spacial score (nSPS) is 24.5. The van der Waals surface area contributed by atoms with Crippen LogP contribution in [0.2, 0.25) is 0 Å². The Kier molecular flexibility index (Phi) is 4.12. The summed E-state index contributed by atoms with van der Waals surface area (Å²) in [6, 6.07) is 16.8. The number of aromatic nitrogens is 1. The first-order valence-corrected chi connectivity index (χ1v) is 13.0. The summed E-state index contributed by atoms with van der Waals surface area (Å²) in [4.78, 5) is 17.1. The van der Waals surface area contributed by atoms with Gasteiger partial charge >= 0.3 is 0 Å². The maximum Gasteiger partial charge on any atom is 0.242 e. The lowest BCUT2D eigenvalue weighted by Gasteiger charge is -2.43. The fourth-order valence-corrected chi connectivity index (χ4v) is 8.46. The molecule has 2 aromatic carbocycles. The van der Waals surface area contributed by atoms with Crippen LogP contribution in [0.3, 0.4) is 0 Å². The minimum absolute atomic E-state index is 0.0172. The van der Waals surface area contributed by atoms with Gasteiger partial charge in [0, 0.05) is 35.4 Å². The molecular weight excluding hydrogens is 436 g/mol. The van der Waals surface area contributed by atoms with E-state index in [-0.39, 0.29) is 17.5 Å². The Morgan fingerprint density at radius 3 is 2.81 bits per heavy atom. The van der Waals surface area contributed by atoms with Crippen molar-refractivity contribution in [1.29, 1.82) is 0 Å². The van der Waals surface area contributed by atoms with E-state index >= 15 is 0 Å². The molecule has 4 aliphatic rings. The minimum atomic E-state index is -0.498. The van der Waals surface area contributed by atoms with Crippen molar-refractivity contribution in [2.75, 3.05) is 11.4 Å². The lowest BCUT2D eigenvalue weighted by molar-refractivity contribution is -0.682. The van der Waals surface area contributed by atoms with Crippen molar-refractivity contribution in [2.45, 2.75) is 43.0 Å². The van der Waals surface area contributed by atoms with Gasteiger partial charge in [0.2, 0.25) is 10.5 Å². The zero-order valence-electron chi connectivity index (χ0n) is 17.5. The predicted octanol–water partition coefficient (Wildman–Crippen LogP) is 4.50. The topological polar surface area (TPSA) is 47.3 Å². The van der Waals surface area contributed by atoms with Crippen molar-refractivity contribution >= 4 is 44.8 Å². The number of para-hydroxylation sites is 2. The van der Waals surface area contributed by atoms with Crippen LogP contribution in [-0.2, 0) is 11.3 Å². The molecule has 0 N–H and O–H groups in total. The summed E-state index contributed by atoms with van der Waals surface area (Å²) in [5.41, 5.74) is 3.92. The molecule has 7 rings (SSSR count). The first-order chi connectivity index (χ1) is 15.7. The lowest BCUT2D eigenvalue weighted by atomic mass is 9.69. The number of thioether (sulfide) groups is 1. The summed E-state index contributed by atoms with van der Waals surface area (Å²) in [6.07, 6.45) is 3.73. The molecule has 6 heteroatoms. The van der Waals surface area contributed by atoms with Gasteiger partial charge in [0.25, 0.3) is 0 Å². The molecular formula is C26H22N2O2S2. The Hall–Kier alpha value is -2.57. The third-order valence-electron chi connectivity index (χ3n) is 7.29. The highest BCUT2D eigenvalue weighted by Gasteiger charge is 2.47. The van der Waals surface area contributed by atoms with Gasteiger partial charge in [0.1, 0.15) is 11.2 Å². The van der Waals surface area contributed by atoms with Gasteiger partial charge in [0.15, 0.2) is 5.78 Å². The van der Waals surface area contributed by atoms with E-state index in [2.05, 4.69) is 58.0 Å². The van der Waals surface area contributed by atoms with Gasteiger partial charge < -0.3 is 10.0 Å². The number of benzene rings is 2. The van der Waals surface area contributed by atoms with Gasteiger partial charge in [-0.2, -0.15) is 4.57 Å². The van der Waals surface area contributed by atoms with Crippen LogP contribution in [0.15, 0.2) is 75.4 Å². The van der Waals surface area contributed by atoms with Crippen molar-refractivity contribution in [3.63, 3.8) is 0 Å². The van der Waals surface area contributed by atoms with Crippen LogP contribution in [0.25, 0.3) is 10.2 Å². The molecule has 3 aromatic rings. The molecule has 0 saturated carbocycles. The molecule has 0 fully saturated rings. The Labute approximate surface area is 194 Å². The summed E-state index contributed by atoms with van der Waals surface area (Å²) >= 11 is 3.47. The molecule has 0 amide bonds. The monoisotopic (exact) mass is 458 g/mol. The van der Waals surface area contributed by atoms with Gasteiger partial charge in [-0.25, -0.2) is 0 Å². The largest absolute Gasteiger partial charge is 0.874 e. The van der Waals surface area contributed by atoms with E-state index in [9.17, 15) is 9.90 Å². The highest BCUT2D eigenvalue weighted by Crippen LogP contribution is 2.54. The van der Waals surface area contributed by atoms with Crippen LogP contribution in [-0.4, -0.2) is 12.3 Å². The molecule has 2 unspecified atom stereocenters. The van der Waals surface area contributed by atoms with E-state index in [0.717, 1.165) is 49.4 Å². The summed E-state index contributed by atoms with van der Waals surface area (Å²) in [5, 5.41) is 15.8. The van der Waals surface area contributed by atoms with Crippen molar-refractivity contribution in [1.82, 2.24) is 0 Å². The number of aryl methyl sites for hydroxylation is 1. The van der Waals surface area contributed by atoms with Crippen LogP contribution in [0.1, 0.15) is 36.6 Å². The number of Topliss-reactive ketones (excluding diaryl/α,β-unsaturated/α-hetero) is 1. The summed E-state index contributed by atoms with van der Waals surface area (Å²) in [5.74, 6) is -0.330. The number of thiazole rings is 1. The number of rotatable bonds is 2. The second kappa shape index (κ2) is 6.96. The zero-order chi connectivity index (χ0) is 21.4. The second-order valence-electron chi connectivity index (χ2n) is 9.00. The smallest absolute Gasteiger partial charge is 0.242 e. The summed E-state index contributed by atoms with van der Waals surface area (Å²) < 4.78 is 3.59. The number of hydrogen-bond acceptors (Lipinski definition) is 5. The molecule has 2 atom stereocenters. The molecule has 4 heterocycles. The predicted molar refractivity (Wildman–Crippen MR) is 125 cm³/mol. The maximum absolute atomic E-state index is 13.5. The third-order valence-corrected chi connectivity index (χ3v) is 9.81. The Bertz CT molecular complexity index is 1370. The Balaban J connectivity index is 1.29. The van der Waals surface area contributed by atoms with Gasteiger partial charge in [-0.1, -0.05) is 47.4 Å². The number of carbonyl (C=O) groups is 1. The van der Waals surface area contributed by atoms with E-state index in [1.807, 2.05) is 0 Å². The van der Waals surface area contributed by atoms with Crippen LogP contribution in [0, 0.1) is 5.92 Å². The van der Waals surface area contributed by atoms with E-state index in [4.69, 9.17) is 0 Å². The number of ketones is 1. The number of carbonyl (C=O) groups excluding carboxylic acids is 1. The standard InChI is InChI=1S/C26H22N2O2S2/c29-23-21(15-7-5-13-27-17-9-1-3-11-19(17)31-25(15)27)24(30)22(23)16-8-6-14-28-18-10-2-4-12-20(18)32-26(16)28/h1-4,9-12,15,21H,5-8,13-14H2. The molecule has 160 valence electrons. The van der Waals surface area contributed by atoms with Gasteiger partial charge in [0.05, 0.1) is 16.6 Å². The number of anilines is 1. The van der Waals surface area contributed by atoms with E-state index < -0.39 is 5.92 Å². The van der Waals surface area contributed by atoms with Crippen LogP contribution >= 0.6 is 23.1 Å². The molecule has 0 radical (unpaired) electrons. The minimum Gasteiger partial charge on any atom is -0.874 e. The molecule has 4 nitrogen and oxygen atoms in total. The number of fused-ring (bicyclic) bond motifs is 6. The number of nitrogens with zero attached hydrogens (tertiary/aromatic N) is 2. The highest BCUT2D eigenvalue weighted by molar-refractivity contribution is 8.03. The molecule has 0 spiro atoms. The first-order valence-electron chi connectivity index (χ1n) is 11.4. The van der Waals surface area contributed by atoms with Gasteiger partial charge in [-0.3, -0.25) is 4.79 Å². The summed E-state index contributed by atoms with van der Waals surface area (Å²) in [7, 11) is 0. The lowest BCUT2D eigenvalue weighted by Crippen LogP contribution is -2.49. The van der Waals surface area contributed by atoms with Crippen molar-refractivity contribution < 1.29 is 14.5 Å². The average Bonchev–Trinajstić information content (AvgIpc) is 3.39. The fourth-order valence-electron chi connectivity index (χ4n) is 5.83. The fraction of sp³-hybridized carbons (Fsp3) is 0.308. The van der Waals surface area contributed by atoms with Crippen molar-refractivity contribution in [3.05, 3.63) is 75.5 Å². The van der Waals surface area contributed by atoms with E-state index in [0.29, 0.717) is 5.57 Å². The number of allylic oxidation sites excluding steroid dienone is 3. The highest BCUT2D eigenvalue weighted by atomic mass is 32.2. The van der Waals surface area contributed by atoms with Crippen molar-refractivity contribution in [2.24, 2.45) is 5.92 Å². The van der Waals surface area contributed by atoms with Crippen molar-refractivity contribution in [3.8, 4) is 0 Å². The van der Waals surface area contributed by atoms with Crippen LogP contribution in [0.4, 0.5) is 5.69 Å². The van der Waals surface area contributed by atoms with E-state index in [1.165, 1.54) is 25.8 Å².